The summed E-state index contributed by atoms with van der Waals surface area (Å²) < 4.78 is 4.17. The fourth-order valence-electron chi connectivity index (χ4n) is 6.25. The zero-order valence-corrected chi connectivity index (χ0v) is 24.5. The summed E-state index contributed by atoms with van der Waals surface area (Å²) in [7, 11) is 0. The molecule has 11 nitrogen and oxygen atoms in total. The van der Waals surface area contributed by atoms with Crippen molar-refractivity contribution in [1.29, 1.82) is 0 Å². The number of aromatic amines is 1. The number of para-hydroxylation sites is 1. The molecule has 45 heavy (non-hydrogen) atoms. The molecule has 1 aliphatic rings. The summed E-state index contributed by atoms with van der Waals surface area (Å²) in [4.78, 5) is 31.5. The topological polar surface area (TPSA) is 149 Å². The van der Waals surface area contributed by atoms with Crippen LogP contribution in [0.25, 0.3) is 21.8 Å². The lowest BCUT2D eigenvalue weighted by Gasteiger charge is -2.15. The first-order valence-corrected chi connectivity index (χ1v) is 14.9. The quantitative estimate of drug-likeness (QED) is 0.117. The van der Waals surface area contributed by atoms with E-state index in [1.54, 1.807) is 24.5 Å². The zero-order chi connectivity index (χ0) is 30.9. The number of carbonyl (C=O) groups excluding carboxylic acids is 1. The van der Waals surface area contributed by atoms with Gasteiger partial charge in [-0.1, -0.05) is 30.3 Å². The van der Waals surface area contributed by atoms with E-state index >= 15 is 0 Å². The highest BCUT2D eigenvalue weighted by Crippen LogP contribution is 2.38. The first-order chi connectivity index (χ1) is 21.9. The second-order valence-corrected chi connectivity index (χ2v) is 11.4. The molecule has 1 unspecified atom stereocenters. The van der Waals surface area contributed by atoms with E-state index in [-0.39, 0.29) is 17.7 Å². The molecular formula is C34H33N7O4. The van der Waals surface area contributed by atoms with Gasteiger partial charge in [0.15, 0.2) is 0 Å². The molecule has 1 aliphatic heterocycles. The number of aryl methyl sites for hydroxylation is 1. The van der Waals surface area contributed by atoms with Crippen molar-refractivity contribution in [2.75, 3.05) is 6.54 Å². The average Bonchev–Trinajstić information content (AvgIpc) is 3.80. The number of benzene rings is 3. The van der Waals surface area contributed by atoms with Crippen LogP contribution in [0.15, 0.2) is 85.5 Å². The number of rotatable bonds is 11. The average molecular weight is 604 g/mol. The first kappa shape index (κ1) is 28.2. The van der Waals surface area contributed by atoms with E-state index in [9.17, 15) is 14.7 Å². The van der Waals surface area contributed by atoms with Gasteiger partial charge in [0.1, 0.15) is 5.75 Å². The van der Waals surface area contributed by atoms with Gasteiger partial charge < -0.3 is 40.3 Å². The van der Waals surface area contributed by atoms with Crippen molar-refractivity contribution in [2.24, 2.45) is 0 Å². The molecular weight excluding hydrogens is 570 g/mol. The van der Waals surface area contributed by atoms with E-state index in [4.69, 9.17) is 5.11 Å². The molecule has 6 N–H and O–H groups in total. The first-order valence-electron chi connectivity index (χ1n) is 14.9. The van der Waals surface area contributed by atoms with Gasteiger partial charge in [0.2, 0.25) is 0 Å². The number of hydrogen-bond donors (Lipinski definition) is 6. The third kappa shape index (κ3) is 5.73. The molecule has 11 heteroatoms. The van der Waals surface area contributed by atoms with Crippen LogP contribution in [0.3, 0.4) is 0 Å². The van der Waals surface area contributed by atoms with Crippen molar-refractivity contribution in [2.45, 2.75) is 38.6 Å². The van der Waals surface area contributed by atoms with Gasteiger partial charge in [-0.05, 0) is 59.3 Å². The maximum absolute atomic E-state index is 12.8. The molecule has 1 atom stereocenters. The molecule has 228 valence electrons. The number of imidazole rings is 1. The lowest BCUT2D eigenvalue weighted by molar-refractivity contribution is 0.0960. The fourth-order valence-corrected chi connectivity index (χ4v) is 6.25. The minimum atomic E-state index is -1.01. The number of phenols is 1. The number of aromatic nitrogens is 4. The summed E-state index contributed by atoms with van der Waals surface area (Å²) in [5, 5.41) is 30.2. The number of nitrogens with one attached hydrogen (secondary N) is 4. The summed E-state index contributed by atoms with van der Waals surface area (Å²) in [5.74, 6) is -0.0101. The highest BCUT2D eigenvalue weighted by molar-refractivity contribution is 6.01. The fraction of sp³-hybridized carbons (Fsp3) is 0.206. The van der Waals surface area contributed by atoms with E-state index in [0.29, 0.717) is 44.7 Å². The summed E-state index contributed by atoms with van der Waals surface area (Å²) in [5.41, 5.74) is 7.52. The van der Waals surface area contributed by atoms with Crippen molar-refractivity contribution < 1.29 is 19.8 Å². The Kier molecular flexibility index (Phi) is 7.44. The maximum Gasteiger partial charge on any atom is 0.404 e. The van der Waals surface area contributed by atoms with Gasteiger partial charge in [-0.15, -0.1) is 0 Å². The Morgan fingerprint density at radius 1 is 1.04 bits per heavy atom. The van der Waals surface area contributed by atoms with Gasteiger partial charge in [0, 0.05) is 71.8 Å². The molecule has 3 aromatic heterocycles. The number of carbonyl (C=O) groups is 2. The molecule has 0 saturated heterocycles. The Morgan fingerprint density at radius 2 is 1.93 bits per heavy atom. The number of carboxylic acid groups (broad SMARTS) is 1. The molecule has 0 aliphatic carbocycles. The van der Waals surface area contributed by atoms with Crippen LogP contribution in [-0.4, -0.2) is 47.9 Å². The van der Waals surface area contributed by atoms with E-state index in [0.717, 1.165) is 49.9 Å². The Balaban J connectivity index is 1.06. The second-order valence-electron chi connectivity index (χ2n) is 11.4. The van der Waals surface area contributed by atoms with Gasteiger partial charge >= 0.3 is 6.09 Å². The van der Waals surface area contributed by atoms with Crippen molar-refractivity contribution >= 4 is 33.8 Å². The molecule has 2 amide bonds. The second kappa shape index (κ2) is 11.9. The van der Waals surface area contributed by atoms with Crippen LogP contribution in [0.4, 0.5) is 4.79 Å². The Labute approximate surface area is 258 Å². The molecule has 0 bridgehead atoms. The number of hydrogen-bond acceptors (Lipinski definition) is 5. The van der Waals surface area contributed by atoms with E-state index in [1.165, 1.54) is 0 Å². The third-order valence-corrected chi connectivity index (χ3v) is 8.34. The Bertz CT molecular complexity index is 2040. The molecule has 6 aromatic rings. The van der Waals surface area contributed by atoms with Gasteiger partial charge in [-0.3, -0.25) is 4.79 Å². The zero-order valence-electron chi connectivity index (χ0n) is 24.5. The minimum absolute atomic E-state index is 0.133. The number of H-pyrrole nitrogens is 1. The number of aromatic hydroxyl groups is 1. The number of phenolic OH excluding ortho intramolecular Hbond substituents is 1. The van der Waals surface area contributed by atoms with Gasteiger partial charge in [0.05, 0.1) is 24.6 Å². The molecule has 0 spiro atoms. The molecule has 4 heterocycles. The number of amides is 2. The van der Waals surface area contributed by atoms with Gasteiger partial charge in [-0.25, -0.2) is 9.78 Å². The molecule has 7 rings (SSSR count). The van der Waals surface area contributed by atoms with E-state index in [1.807, 2.05) is 29.0 Å². The van der Waals surface area contributed by atoms with E-state index in [2.05, 4.69) is 67.0 Å². The monoisotopic (exact) mass is 603 g/mol. The van der Waals surface area contributed by atoms with Crippen molar-refractivity contribution in [3.05, 3.63) is 119 Å². The SMILES string of the molecule is O=C(O)NCCCn1cnc(Cn2ccc3ccc(CNCc4[nH]c5ccccc5c4C4NC(=O)c5ccc(O)cc54)cc32)c1. The molecule has 3 aromatic carbocycles. The Morgan fingerprint density at radius 3 is 2.82 bits per heavy atom. The summed E-state index contributed by atoms with van der Waals surface area (Å²) in [6, 6.07) is 21.1. The smallest absolute Gasteiger partial charge is 0.404 e. The summed E-state index contributed by atoms with van der Waals surface area (Å²) >= 11 is 0. The summed E-state index contributed by atoms with van der Waals surface area (Å²) in [6.07, 6.45) is 5.54. The lowest BCUT2D eigenvalue weighted by Crippen LogP contribution is -2.22. The predicted octanol–water partition coefficient (Wildman–Crippen LogP) is 4.85. The van der Waals surface area contributed by atoms with Gasteiger partial charge in [0.25, 0.3) is 5.91 Å². The number of fused-ring (bicyclic) bond motifs is 3. The van der Waals surface area contributed by atoms with Gasteiger partial charge in [-0.2, -0.15) is 0 Å². The van der Waals surface area contributed by atoms with Crippen LogP contribution < -0.4 is 16.0 Å². The minimum Gasteiger partial charge on any atom is -0.508 e. The summed E-state index contributed by atoms with van der Waals surface area (Å²) in [6.45, 7) is 2.92. The van der Waals surface area contributed by atoms with Crippen molar-refractivity contribution in [3.8, 4) is 5.75 Å². The normalized spacial score (nSPS) is 14.2. The van der Waals surface area contributed by atoms with E-state index < -0.39 is 6.09 Å². The van der Waals surface area contributed by atoms with Crippen LogP contribution in [0, 0.1) is 0 Å². The van der Waals surface area contributed by atoms with Crippen molar-refractivity contribution in [3.63, 3.8) is 0 Å². The predicted molar refractivity (Wildman–Crippen MR) is 170 cm³/mol. The largest absolute Gasteiger partial charge is 0.508 e. The van der Waals surface area contributed by atoms with Crippen LogP contribution in [0.2, 0.25) is 0 Å². The highest BCUT2D eigenvalue weighted by atomic mass is 16.4. The van der Waals surface area contributed by atoms with Crippen LogP contribution >= 0.6 is 0 Å². The number of nitrogens with zero attached hydrogens (tertiary/aromatic N) is 3. The van der Waals surface area contributed by atoms with Crippen molar-refractivity contribution in [1.82, 2.24) is 35.1 Å². The van der Waals surface area contributed by atoms with Crippen LogP contribution in [-0.2, 0) is 26.2 Å². The Hall–Kier alpha value is -5.55. The molecule has 0 radical (unpaired) electrons. The standard InChI is InChI=1S/C34H33N7O4/c42-24-8-9-25-27(15-24)32(39-33(25)43)31-26-4-1-2-5-28(26)38-29(31)17-35-16-21-6-7-22-10-13-41(30(22)14-21)19-23-18-40(20-37-23)12-3-11-36-34(44)45/h1-2,4-10,13-15,18,20,32,35-36,38,42H,3,11-12,16-17,19H2,(H,39,43)(H,44,45). The molecule has 0 fully saturated rings. The molecule has 0 saturated carbocycles. The van der Waals surface area contributed by atoms with Crippen LogP contribution in [0.1, 0.15) is 50.9 Å². The highest BCUT2D eigenvalue weighted by Gasteiger charge is 2.33. The van der Waals surface area contributed by atoms with Crippen LogP contribution in [0.5, 0.6) is 5.75 Å². The maximum atomic E-state index is 12.8. The third-order valence-electron chi connectivity index (χ3n) is 8.34. The lowest BCUT2D eigenvalue weighted by atomic mass is 9.95.